The summed E-state index contributed by atoms with van der Waals surface area (Å²) >= 11 is 0. The summed E-state index contributed by atoms with van der Waals surface area (Å²) in [6.07, 6.45) is 7.77. The highest BCUT2D eigenvalue weighted by Gasteiger charge is 1.95. The van der Waals surface area contributed by atoms with Crippen LogP contribution < -0.4 is 15.4 Å². The van der Waals surface area contributed by atoms with Crippen molar-refractivity contribution in [3.63, 3.8) is 0 Å². The maximum atomic E-state index is 5.57. The molecule has 0 radical (unpaired) electrons. The molecule has 0 unspecified atom stereocenters. The fourth-order valence-corrected chi connectivity index (χ4v) is 2.16. The molecule has 1 aromatic carbocycles. The summed E-state index contributed by atoms with van der Waals surface area (Å²) in [6, 6.07) is 8.21. The van der Waals surface area contributed by atoms with Crippen LogP contribution in [0.25, 0.3) is 0 Å². The molecule has 0 spiro atoms. The zero-order valence-electron chi connectivity index (χ0n) is 13.8. The van der Waals surface area contributed by atoms with E-state index < -0.39 is 0 Å². The summed E-state index contributed by atoms with van der Waals surface area (Å²) in [5.74, 6) is 0.951. The van der Waals surface area contributed by atoms with E-state index in [-0.39, 0.29) is 0 Å². The number of hydrogen-bond donors (Lipinski definition) is 2. The third kappa shape index (κ3) is 9.35. The largest absolute Gasteiger partial charge is 0.494 e. The van der Waals surface area contributed by atoms with Crippen LogP contribution in [0.1, 0.15) is 52.4 Å². The molecule has 0 amide bonds. The molecule has 0 bridgehead atoms. The van der Waals surface area contributed by atoms with Gasteiger partial charge >= 0.3 is 0 Å². The molecule has 0 aliphatic heterocycles. The lowest BCUT2D eigenvalue weighted by Crippen LogP contribution is -2.23. The van der Waals surface area contributed by atoms with E-state index in [0.717, 1.165) is 44.1 Å². The topological polar surface area (TPSA) is 33.3 Å². The molecule has 120 valence electrons. The van der Waals surface area contributed by atoms with Crippen molar-refractivity contribution in [2.24, 2.45) is 0 Å². The fourth-order valence-electron chi connectivity index (χ4n) is 2.16. The van der Waals surface area contributed by atoms with Gasteiger partial charge in [-0.05, 0) is 43.7 Å². The van der Waals surface area contributed by atoms with Crippen molar-refractivity contribution in [3.05, 3.63) is 24.3 Å². The number of rotatable bonds is 13. The highest BCUT2D eigenvalue weighted by atomic mass is 16.5. The molecule has 0 saturated heterocycles. The number of anilines is 1. The minimum Gasteiger partial charge on any atom is -0.494 e. The Kier molecular flexibility index (Phi) is 10.6. The first-order valence-electron chi connectivity index (χ1n) is 8.54. The monoisotopic (exact) mass is 292 g/mol. The van der Waals surface area contributed by atoms with Gasteiger partial charge in [-0.2, -0.15) is 0 Å². The molecule has 0 fully saturated rings. The quantitative estimate of drug-likeness (QED) is 0.527. The third-order valence-corrected chi connectivity index (χ3v) is 3.42. The molecule has 0 aliphatic carbocycles. The summed E-state index contributed by atoms with van der Waals surface area (Å²) < 4.78 is 5.57. The number of benzene rings is 1. The summed E-state index contributed by atoms with van der Waals surface area (Å²) in [5, 5.41) is 6.91. The van der Waals surface area contributed by atoms with Gasteiger partial charge in [-0.25, -0.2) is 0 Å². The second-order valence-electron chi connectivity index (χ2n) is 5.46. The van der Waals surface area contributed by atoms with Gasteiger partial charge in [-0.3, -0.25) is 0 Å². The molecule has 0 aromatic heterocycles. The van der Waals surface area contributed by atoms with Gasteiger partial charge in [0, 0.05) is 18.8 Å². The van der Waals surface area contributed by atoms with Crippen molar-refractivity contribution in [2.45, 2.75) is 52.4 Å². The summed E-state index contributed by atoms with van der Waals surface area (Å²) in [4.78, 5) is 0. The lowest BCUT2D eigenvalue weighted by atomic mass is 10.1. The van der Waals surface area contributed by atoms with E-state index in [2.05, 4.69) is 36.6 Å². The van der Waals surface area contributed by atoms with Crippen molar-refractivity contribution in [2.75, 3.05) is 31.6 Å². The van der Waals surface area contributed by atoms with Gasteiger partial charge < -0.3 is 15.4 Å². The molecule has 1 rings (SSSR count). The number of hydrogen-bond acceptors (Lipinski definition) is 3. The lowest BCUT2D eigenvalue weighted by Gasteiger charge is -2.09. The van der Waals surface area contributed by atoms with Crippen molar-refractivity contribution in [1.82, 2.24) is 5.32 Å². The van der Waals surface area contributed by atoms with Crippen LogP contribution in [-0.4, -0.2) is 26.2 Å². The Bertz CT molecular complexity index is 338. The fraction of sp³-hybridized carbons (Fsp3) is 0.667. The van der Waals surface area contributed by atoms with Crippen LogP contribution in [0.15, 0.2) is 24.3 Å². The Morgan fingerprint density at radius 2 is 1.57 bits per heavy atom. The molecule has 0 saturated carbocycles. The van der Waals surface area contributed by atoms with Crippen LogP contribution in [0.4, 0.5) is 5.69 Å². The molecule has 0 heterocycles. The summed E-state index contributed by atoms with van der Waals surface area (Å²) in [7, 11) is 0. The maximum absolute atomic E-state index is 5.57. The zero-order valence-corrected chi connectivity index (χ0v) is 13.8. The van der Waals surface area contributed by atoms with Gasteiger partial charge in [-0.1, -0.05) is 39.5 Å². The Balaban J connectivity index is 1.99. The van der Waals surface area contributed by atoms with Gasteiger partial charge in [0.2, 0.25) is 0 Å². The average molecular weight is 292 g/mol. The molecular formula is C18H32N2O. The molecule has 3 nitrogen and oxygen atoms in total. The molecule has 0 atom stereocenters. The van der Waals surface area contributed by atoms with Gasteiger partial charge in [0.05, 0.1) is 6.61 Å². The standard InChI is InChI=1S/C18H32N2O/c1-3-5-6-7-8-13-19-14-15-20-17-9-11-18(12-10-17)21-16-4-2/h9-12,19-20H,3-8,13-16H2,1-2H3. The molecular weight excluding hydrogens is 260 g/mol. The van der Waals surface area contributed by atoms with Crippen molar-refractivity contribution < 1.29 is 4.74 Å². The second kappa shape index (κ2) is 12.5. The SMILES string of the molecule is CCCCCCCNCCNc1ccc(OCCC)cc1. The van der Waals surface area contributed by atoms with Crippen LogP contribution in [0.5, 0.6) is 5.75 Å². The third-order valence-electron chi connectivity index (χ3n) is 3.42. The Morgan fingerprint density at radius 1 is 0.810 bits per heavy atom. The van der Waals surface area contributed by atoms with E-state index in [9.17, 15) is 0 Å². The number of nitrogens with one attached hydrogen (secondary N) is 2. The minimum absolute atomic E-state index is 0.787. The first-order valence-corrected chi connectivity index (χ1v) is 8.54. The van der Waals surface area contributed by atoms with E-state index in [1.54, 1.807) is 0 Å². The van der Waals surface area contributed by atoms with Crippen LogP contribution in [-0.2, 0) is 0 Å². The number of ether oxygens (including phenoxy) is 1. The van der Waals surface area contributed by atoms with Crippen molar-refractivity contribution in [3.8, 4) is 5.75 Å². The smallest absolute Gasteiger partial charge is 0.119 e. The Labute approximate surface area is 130 Å². The Morgan fingerprint density at radius 3 is 2.29 bits per heavy atom. The minimum atomic E-state index is 0.787. The second-order valence-corrected chi connectivity index (χ2v) is 5.46. The molecule has 3 heteroatoms. The van der Waals surface area contributed by atoms with E-state index >= 15 is 0 Å². The molecule has 1 aromatic rings. The average Bonchev–Trinajstić information content (AvgIpc) is 2.52. The maximum Gasteiger partial charge on any atom is 0.119 e. The zero-order chi connectivity index (χ0) is 15.2. The van der Waals surface area contributed by atoms with Crippen molar-refractivity contribution in [1.29, 1.82) is 0 Å². The van der Waals surface area contributed by atoms with Crippen molar-refractivity contribution >= 4 is 5.69 Å². The van der Waals surface area contributed by atoms with E-state index in [1.807, 2.05) is 12.1 Å². The molecule has 2 N–H and O–H groups in total. The summed E-state index contributed by atoms with van der Waals surface area (Å²) in [6.45, 7) is 8.27. The highest BCUT2D eigenvalue weighted by Crippen LogP contribution is 2.15. The first kappa shape index (κ1) is 17.8. The molecule has 21 heavy (non-hydrogen) atoms. The lowest BCUT2D eigenvalue weighted by molar-refractivity contribution is 0.317. The van der Waals surface area contributed by atoms with E-state index in [4.69, 9.17) is 4.74 Å². The van der Waals surface area contributed by atoms with Crippen LogP contribution in [0.3, 0.4) is 0 Å². The predicted molar refractivity (Wildman–Crippen MR) is 92.3 cm³/mol. The van der Waals surface area contributed by atoms with Gasteiger partial charge in [0.15, 0.2) is 0 Å². The number of unbranched alkanes of at least 4 members (excludes halogenated alkanes) is 4. The Hall–Kier alpha value is -1.22. The predicted octanol–water partition coefficient (Wildman–Crippen LogP) is 4.45. The highest BCUT2D eigenvalue weighted by molar-refractivity contribution is 5.46. The normalized spacial score (nSPS) is 10.6. The first-order chi connectivity index (χ1) is 10.4. The van der Waals surface area contributed by atoms with Gasteiger partial charge in [0.25, 0.3) is 0 Å². The van der Waals surface area contributed by atoms with Gasteiger partial charge in [0.1, 0.15) is 5.75 Å². The molecule has 0 aliphatic rings. The summed E-state index contributed by atoms with van der Waals surface area (Å²) in [5.41, 5.74) is 1.16. The van der Waals surface area contributed by atoms with Crippen LogP contribution in [0, 0.1) is 0 Å². The van der Waals surface area contributed by atoms with Crippen LogP contribution >= 0.6 is 0 Å². The van der Waals surface area contributed by atoms with Gasteiger partial charge in [-0.15, -0.1) is 0 Å². The van der Waals surface area contributed by atoms with E-state index in [1.165, 1.54) is 32.1 Å². The van der Waals surface area contributed by atoms with E-state index in [0.29, 0.717) is 0 Å². The van der Waals surface area contributed by atoms with Crippen LogP contribution in [0.2, 0.25) is 0 Å².